The van der Waals surface area contributed by atoms with Crippen LogP contribution in [0.3, 0.4) is 0 Å². The van der Waals surface area contributed by atoms with Crippen LogP contribution in [0.2, 0.25) is 0 Å². The molecule has 1 aromatic carbocycles. The average molecular weight is 293 g/mol. The van der Waals surface area contributed by atoms with E-state index in [1.807, 2.05) is 0 Å². The van der Waals surface area contributed by atoms with Crippen molar-refractivity contribution in [2.75, 3.05) is 6.54 Å². The molecule has 0 spiro atoms. The number of carbonyl (C=O) groups is 3. The second kappa shape index (κ2) is 7.39. The number of amides is 2. The minimum absolute atomic E-state index is 0.217. The Bertz CT molecular complexity index is 518. The van der Waals surface area contributed by atoms with Gasteiger partial charge in [-0.2, -0.15) is 0 Å². The zero-order chi connectivity index (χ0) is 15.9. The van der Waals surface area contributed by atoms with Gasteiger partial charge in [0.2, 0.25) is 0 Å². The molecule has 0 bridgehead atoms. The number of carboxylic acids is 1. The van der Waals surface area contributed by atoms with E-state index in [1.165, 1.54) is 6.92 Å². The molecule has 0 radical (unpaired) electrons. The van der Waals surface area contributed by atoms with Gasteiger partial charge in [-0.15, -0.1) is 0 Å². The van der Waals surface area contributed by atoms with Crippen LogP contribution in [-0.4, -0.2) is 35.0 Å². The molecule has 0 aliphatic rings. The molecule has 0 saturated heterocycles. The van der Waals surface area contributed by atoms with Crippen LogP contribution in [-0.2, 0) is 9.59 Å². The molecule has 21 heavy (non-hydrogen) atoms. The van der Waals surface area contributed by atoms with E-state index in [2.05, 4.69) is 16.2 Å². The maximum absolute atomic E-state index is 11.7. The summed E-state index contributed by atoms with van der Waals surface area (Å²) in [7, 11) is 0. The first-order valence-corrected chi connectivity index (χ1v) is 6.51. The van der Waals surface area contributed by atoms with Crippen LogP contribution in [0.25, 0.3) is 0 Å². The van der Waals surface area contributed by atoms with Crippen molar-refractivity contribution in [2.45, 2.75) is 25.8 Å². The molecular formula is C14H19N3O4. The van der Waals surface area contributed by atoms with E-state index >= 15 is 0 Å². The molecule has 1 atom stereocenters. The number of nitrogens with one attached hydrogen (secondary N) is 3. The second-order valence-electron chi connectivity index (χ2n) is 4.71. The summed E-state index contributed by atoms with van der Waals surface area (Å²) >= 11 is 0. The molecule has 0 aliphatic carbocycles. The van der Waals surface area contributed by atoms with Gasteiger partial charge < -0.3 is 5.11 Å². The molecule has 0 heterocycles. The zero-order valence-corrected chi connectivity index (χ0v) is 12.0. The summed E-state index contributed by atoms with van der Waals surface area (Å²) in [5, 5.41) is 11.7. The smallest absolute Gasteiger partial charge is 0.323 e. The van der Waals surface area contributed by atoms with E-state index in [0.29, 0.717) is 12.0 Å². The number of hydrogen-bond donors (Lipinski definition) is 4. The van der Waals surface area contributed by atoms with Crippen LogP contribution in [0.1, 0.15) is 30.6 Å². The van der Waals surface area contributed by atoms with Crippen LogP contribution < -0.4 is 16.2 Å². The lowest BCUT2D eigenvalue weighted by atomic mass is 9.99. The maximum Gasteiger partial charge on any atom is 0.323 e. The fourth-order valence-corrected chi connectivity index (χ4v) is 1.46. The summed E-state index contributed by atoms with van der Waals surface area (Å²) in [6.45, 7) is 2.98. The van der Waals surface area contributed by atoms with Gasteiger partial charge in [0.1, 0.15) is 5.54 Å². The maximum atomic E-state index is 11.7. The number of benzene rings is 1. The third-order valence-corrected chi connectivity index (χ3v) is 3.17. The molecule has 1 aromatic rings. The summed E-state index contributed by atoms with van der Waals surface area (Å²) < 4.78 is 0. The Morgan fingerprint density at radius 3 is 2.29 bits per heavy atom. The number of carboxylic acid groups (broad SMARTS) is 1. The van der Waals surface area contributed by atoms with Crippen molar-refractivity contribution in [1.82, 2.24) is 16.2 Å². The Balaban J connectivity index is 2.41. The van der Waals surface area contributed by atoms with Crippen LogP contribution in [0, 0.1) is 0 Å². The van der Waals surface area contributed by atoms with Crippen LogP contribution in [0.4, 0.5) is 0 Å². The summed E-state index contributed by atoms with van der Waals surface area (Å²) in [6.07, 6.45) is 0.325. The molecule has 0 fully saturated rings. The van der Waals surface area contributed by atoms with Gasteiger partial charge >= 0.3 is 5.97 Å². The van der Waals surface area contributed by atoms with Crippen LogP contribution >= 0.6 is 0 Å². The van der Waals surface area contributed by atoms with Crippen LogP contribution in [0.5, 0.6) is 0 Å². The summed E-state index contributed by atoms with van der Waals surface area (Å²) in [4.78, 5) is 34.3. The largest absolute Gasteiger partial charge is 0.480 e. The van der Waals surface area contributed by atoms with Crippen molar-refractivity contribution in [3.8, 4) is 0 Å². The summed E-state index contributed by atoms with van der Waals surface area (Å²) in [5.74, 6) is -2.01. The summed E-state index contributed by atoms with van der Waals surface area (Å²) in [6, 6.07) is 8.41. The van der Waals surface area contributed by atoms with Crippen molar-refractivity contribution in [3.63, 3.8) is 0 Å². The Kier molecular flexibility index (Phi) is 5.86. The Labute approximate surface area is 122 Å². The van der Waals surface area contributed by atoms with E-state index in [-0.39, 0.29) is 6.54 Å². The predicted molar refractivity (Wildman–Crippen MR) is 76.4 cm³/mol. The number of rotatable bonds is 6. The van der Waals surface area contributed by atoms with Gasteiger partial charge in [0.05, 0.1) is 6.54 Å². The Hall–Kier alpha value is -2.41. The van der Waals surface area contributed by atoms with Gasteiger partial charge in [0.25, 0.3) is 11.8 Å². The van der Waals surface area contributed by atoms with Gasteiger partial charge in [0, 0.05) is 5.56 Å². The predicted octanol–water partition coefficient (Wildman–Crippen LogP) is 0.290. The third-order valence-electron chi connectivity index (χ3n) is 3.17. The number of aliphatic carboxylic acids is 1. The Morgan fingerprint density at radius 1 is 1.14 bits per heavy atom. The molecule has 1 rings (SSSR count). The normalized spacial score (nSPS) is 13.0. The zero-order valence-electron chi connectivity index (χ0n) is 12.0. The molecule has 2 amide bonds. The molecule has 0 aliphatic heterocycles. The van der Waals surface area contributed by atoms with Gasteiger partial charge in [-0.3, -0.25) is 30.6 Å². The first-order valence-electron chi connectivity index (χ1n) is 6.51. The number of carbonyl (C=O) groups excluding carboxylic acids is 2. The third kappa shape index (κ3) is 4.88. The molecule has 0 saturated carbocycles. The standard InChI is InChI=1S/C14H19N3O4/c1-3-14(2,13(20)21)15-9-11(18)16-17-12(19)10-7-5-4-6-8-10/h4-8,15H,3,9H2,1-2H3,(H,16,18)(H,17,19)(H,20,21). The fraction of sp³-hybridized carbons (Fsp3) is 0.357. The highest BCUT2D eigenvalue weighted by atomic mass is 16.4. The highest BCUT2D eigenvalue weighted by Gasteiger charge is 2.30. The average Bonchev–Trinajstić information content (AvgIpc) is 2.50. The molecule has 1 unspecified atom stereocenters. The highest BCUT2D eigenvalue weighted by molar-refractivity contribution is 5.95. The monoisotopic (exact) mass is 293 g/mol. The van der Waals surface area contributed by atoms with Gasteiger partial charge in [-0.25, -0.2) is 0 Å². The molecule has 7 nitrogen and oxygen atoms in total. The van der Waals surface area contributed by atoms with E-state index < -0.39 is 23.3 Å². The van der Waals surface area contributed by atoms with Crippen molar-refractivity contribution < 1.29 is 19.5 Å². The molecule has 7 heteroatoms. The van der Waals surface area contributed by atoms with Crippen LogP contribution in [0.15, 0.2) is 30.3 Å². The number of hydrazine groups is 1. The molecular weight excluding hydrogens is 274 g/mol. The lowest BCUT2D eigenvalue weighted by Gasteiger charge is -2.24. The molecule has 0 aromatic heterocycles. The van der Waals surface area contributed by atoms with Crippen molar-refractivity contribution in [2.24, 2.45) is 0 Å². The lowest BCUT2D eigenvalue weighted by molar-refractivity contribution is -0.144. The summed E-state index contributed by atoms with van der Waals surface area (Å²) in [5.41, 5.74) is 3.71. The quantitative estimate of drug-likeness (QED) is 0.564. The van der Waals surface area contributed by atoms with Gasteiger partial charge in [-0.1, -0.05) is 25.1 Å². The van der Waals surface area contributed by atoms with Crippen molar-refractivity contribution in [1.29, 1.82) is 0 Å². The Morgan fingerprint density at radius 2 is 1.76 bits per heavy atom. The van der Waals surface area contributed by atoms with E-state index in [9.17, 15) is 14.4 Å². The second-order valence-corrected chi connectivity index (χ2v) is 4.71. The number of hydrogen-bond acceptors (Lipinski definition) is 4. The van der Waals surface area contributed by atoms with Gasteiger partial charge in [0.15, 0.2) is 0 Å². The van der Waals surface area contributed by atoms with Crippen molar-refractivity contribution in [3.05, 3.63) is 35.9 Å². The highest BCUT2D eigenvalue weighted by Crippen LogP contribution is 2.08. The minimum Gasteiger partial charge on any atom is -0.480 e. The van der Waals surface area contributed by atoms with E-state index in [1.54, 1.807) is 37.3 Å². The van der Waals surface area contributed by atoms with E-state index in [0.717, 1.165) is 0 Å². The lowest BCUT2D eigenvalue weighted by Crippen LogP contribution is -2.54. The minimum atomic E-state index is -1.18. The first-order chi connectivity index (χ1) is 9.89. The molecule has 114 valence electrons. The molecule has 4 N–H and O–H groups in total. The topological polar surface area (TPSA) is 108 Å². The SMILES string of the molecule is CCC(C)(NCC(=O)NNC(=O)c1ccccc1)C(=O)O. The first kappa shape index (κ1) is 16.6. The van der Waals surface area contributed by atoms with Crippen molar-refractivity contribution >= 4 is 17.8 Å². The van der Waals surface area contributed by atoms with E-state index in [4.69, 9.17) is 5.11 Å². The van der Waals surface area contributed by atoms with Gasteiger partial charge in [-0.05, 0) is 25.5 Å². The fourth-order valence-electron chi connectivity index (χ4n) is 1.46.